The lowest BCUT2D eigenvalue weighted by atomic mass is 10.0. The first-order chi connectivity index (χ1) is 23.2. The Morgan fingerprint density at radius 2 is 1.27 bits per heavy atom. The zero-order valence-corrected chi connectivity index (χ0v) is 25.3. The second kappa shape index (κ2) is 12.3. The Balaban J connectivity index is 0.000000152. The highest BCUT2D eigenvalue weighted by Gasteiger charge is 2.34. The van der Waals surface area contributed by atoms with Gasteiger partial charge in [-0.3, -0.25) is 19.6 Å². The SMILES string of the molecule is N#CCC(=O)N1CC=C(c2cncc3cnc4[nH]ccc4c23)C1.O=C(CC(F)(F)F)N1CC=C(c2cncc3cnc4[nH]ccc4c23)C1. The molecular formula is C34H26F3N9O2. The van der Waals surface area contributed by atoms with Gasteiger partial charge in [-0.2, -0.15) is 18.4 Å². The van der Waals surface area contributed by atoms with Gasteiger partial charge in [0.2, 0.25) is 11.8 Å². The van der Waals surface area contributed by atoms with E-state index in [1.807, 2.05) is 36.7 Å². The van der Waals surface area contributed by atoms with Crippen LogP contribution in [0.25, 0.3) is 54.8 Å². The van der Waals surface area contributed by atoms with Crippen molar-refractivity contribution in [2.24, 2.45) is 0 Å². The molecule has 0 radical (unpaired) electrons. The minimum absolute atomic E-state index is 0.0825. The van der Waals surface area contributed by atoms with Crippen molar-refractivity contribution < 1.29 is 22.8 Å². The van der Waals surface area contributed by atoms with Gasteiger partial charge in [0, 0.05) is 119 Å². The second-order valence-electron chi connectivity index (χ2n) is 11.4. The molecule has 0 bridgehead atoms. The first-order valence-corrected chi connectivity index (χ1v) is 15.0. The quantitative estimate of drug-likeness (QED) is 0.255. The van der Waals surface area contributed by atoms with Crippen LogP contribution in [0, 0.1) is 11.3 Å². The second-order valence-corrected chi connectivity index (χ2v) is 11.4. The molecule has 8 heterocycles. The third-order valence-electron chi connectivity index (χ3n) is 8.42. The standard InChI is InChI=1S/C17H13F3N4O.C17H13N5O/c18-17(19,20)5-14(25)24-4-2-10(9-24)13-8-21-6-11-7-23-16-12(15(11)13)1-3-22-16;18-4-1-15(23)22-6-3-11(10-22)14-9-19-7-12-8-21-17-13(16(12)14)2-5-20-17/h1-3,6-8H,4-5,9H2,(H,22,23);2-3,5,7-9H,1,6,10H2,(H,20,21). The largest absolute Gasteiger partial charge is 0.397 e. The molecule has 0 saturated heterocycles. The van der Waals surface area contributed by atoms with E-state index in [4.69, 9.17) is 5.26 Å². The number of nitrogens with one attached hydrogen (secondary N) is 2. The van der Waals surface area contributed by atoms with Crippen LogP contribution < -0.4 is 0 Å². The Hall–Kier alpha value is -6.10. The van der Waals surface area contributed by atoms with Crippen molar-refractivity contribution >= 4 is 66.6 Å². The summed E-state index contributed by atoms with van der Waals surface area (Å²) in [5.41, 5.74) is 5.24. The number of pyridine rings is 4. The van der Waals surface area contributed by atoms with Crippen LogP contribution in [0.1, 0.15) is 24.0 Å². The lowest BCUT2D eigenvalue weighted by Gasteiger charge is -2.18. The number of hydrogen-bond donors (Lipinski definition) is 2. The van der Waals surface area contributed by atoms with Gasteiger partial charge in [0.25, 0.3) is 0 Å². The molecule has 6 aromatic heterocycles. The molecule has 11 nitrogen and oxygen atoms in total. The predicted molar refractivity (Wildman–Crippen MR) is 173 cm³/mol. The van der Waals surface area contributed by atoms with Crippen molar-refractivity contribution in [3.63, 3.8) is 0 Å². The van der Waals surface area contributed by atoms with Crippen molar-refractivity contribution in [2.45, 2.75) is 19.0 Å². The van der Waals surface area contributed by atoms with Crippen molar-refractivity contribution in [2.75, 3.05) is 26.2 Å². The number of aromatic nitrogens is 6. The molecule has 2 aliphatic heterocycles. The normalized spacial score (nSPS) is 14.7. The summed E-state index contributed by atoms with van der Waals surface area (Å²) >= 11 is 0. The van der Waals surface area contributed by atoms with Gasteiger partial charge in [-0.1, -0.05) is 12.2 Å². The van der Waals surface area contributed by atoms with Gasteiger partial charge in [0.1, 0.15) is 24.1 Å². The summed E-state index contributed by atoms with van der Waals surface area (Å²) in [5, 5.41) is 14.5. The smallest absolute Gasteiger partial charge is 0.346 e. The van der Waals surface area contributed by atoms with Gasteiger partial charge in [-0.15, -0.1) is 0 Å². The molecular weight excluding hydrogens is 623 g/mol. The van der Waals surface area contributed by atoms with Crippen LogP contribution in [0.2, 0.25) is 0 Å². The lowest BCUT2D eigenvalue weighted by molar-refractivity contribution is -0.160. The third kappa shape index (κ3) is 5.81. The highest BCUT2D eigenvalue weighted by molar-refractivity contribution is 6.11. The molecule has 2 amide bonds. The van der Waals surface area contributed by atoms with E-state index in [9.17, 15) is 22.8 Å². The van der Waals surface area contributed by atoms with Crippen LogP contribution in [-0.2, 0) is 9.59 Å². The average Bonchev–Trinajstić information content (AvgIpc) is 3.90. The van der Waals surface area contributed by atoms with E-state index in [0.717, 1.165) is 65.9 Å². The van der Waals surface area contributed by atoms with Crippen LogP contribution in [0.5, 0.6) is 0 Å². The third-order valence-corrected chi connectivity index (χ3v) is 8.42. The maximum atomic E-state index is 12.4. The zero-order valence-electron chi connectivity index (χ0n) is 25.3. The molecule has 0 spiro atoms. The van der Waals surface area contributed by atoms with Gasteiger partial charge in [-0.05, 0) is 23.3 Å². The molecule has 0 unspecified atom stereocenters. The average molecular weight is 650 g/mol. The molecule has 0 aromatic carbocycles. The van der Waals surface area contributed by atoms with E-state index < -0.39 is 18.5 Å². The number of alkyl halides is 3. The van der Waals surface area contributed by atoms with Crippen LogP contribution in [-0.4, -0.2) is 83.9 Å². The molecule has 48 heavy (non-hydrogen) atoms. The summed E-state index contributed by atoms with van der Waals surface area (Å²) in [6, 6.07) is 5.81. The van der Waals surface area contributed by atoms with Crippen molar-refractivity contribution in [3.8, 4) is 6.07 Å². The van der Waals surface area contributed by atoms with Gasteiger partial charge in [0.05, 0.1) is 6.07 Å². The highest BCUT2D eigenvalue weighted by Crippen LogP contribution is 2.34. The van der Waals surface area contributed by atoms with Gasteiger partial charge in [0.15, 0.2) is 0 Å². The number of fused-ring (bicyclic) bond motifs is 6. The molecule has 0 aliphatic carbocycles. The Kier molecular flexibility index (Phi) is 7.80. The van der Waals surface area contributed by atoms with Gasteiger partial charge < -0.3 is 19.8 Å². The summed E-state index contributed by atoms with van der Waals surface area (Å²) in [6.45, 7) is 1.36. The number of hydrogen-bond acceptors (Lipinski definition) is 7. The van der Waals surface area contributed by atoms with Crippen molar-refractivity contribution in [3.05, 3.63) is 85.0 Å². The number of aromatic amines is 2. The molecule has 2 aliphatic rings. The fourth-order valence-corrected chi connectivity index (χ4v) is 6.19. The minimum atomic E-state index is -4.50. The Morgan fingerprint density at radius 3 is 1.75 bits per heavy atom. The number of amides is 2. The maximum absolute atomic E-state index is 12.4. The van der Waals surface area contributed by atoms with E-state index in [1.165, 1.54) is 4.90 Å². The summed E-state index contributed by atoms with van der Waals surface area (Å²) < 4.78 is 37.3. The van der Waals surface area contributed by atoms with Crippen LogP contribution in [0.15, 0.2) is 73.9 Å². The molecule has 0 atom stereocenters. The van der Waals surface area contributed by atoms with E-state index in [0.29, 0.717) is 13.1 Å². The number of carbonyl (C=O) groups excluding carboxylic acids is 2. The molecule has 6 aromatic rings. The Morgan fingerprint density at radius 1 is 0.771 bits per heavy atom. The topological polar surface area (TPSA) is 148 Å². The minimum Gasteiger partial charge on any atom is -0.346 e. The Bertz CT molecular complexity index is 2330. The lowest BCUT2D eigenvalue weighted by Crippen LogP contribution is -2.32. The molecule has 14 heteroatoms. The van der Waals surface area contributed by atoms with E-state index in [1.54, 1.807) is 48.2 Å². The Labute approximate surface area is 270 Å². The maximum Gasteiger partial charge on any atom is 0.397 e. The number of halogens is 3. The van der Waals surface area contributed by atoms with Crippen LogP contribution in [0.3, 0.4) is 0 Å². The van der Waals surface area contributed by atoms with Crippen molar-refractivity contribution in [1.82, 2.24) is 39.7 Å². The number of carbonyl (C=O) groups is 2. The fraction of sp³-hybridized carbons (Fsp3) is 0.206. The van der Waals surface area contributed by atoms with Gasteiger partial charge >= 0.3 is 6.18 Å². The summed E-state index contributed by atoms with van der Waals surface area (Å²) in [7, 11) is 0. The zero-order chi connectivity index (χ0) is 33.4. The molecule has 8 rings (SSSR count). The number of nitriles is 1. The number of rotatable bonds is 4. The van der Waals surface area contributed by atoms with Crippen LogP contribution in [0.4, 0.5) is 13.2 Å². The van der Waals surface area contributed by atoms with E-state index >= 15 is 0 Å². The molecule has 0 saturated carbocycles. The van der Waals surface area contributed by atoms with Crippen molar-refractivity contribution in [1.29, 1.82) is 5.26 Å². The van der Waals surface area contributed by atoms with E-state index in [-0.39, 0.29) is 25.4 Å². The number of nitrogens with zero attached hydrogens (tertiary/aromatic N) is 7. The predicted octanol–water partition coefficient (Wildman–Crippen LogP) is 5.54. The first kappa shape index (κ1) is 30.5. The molecule has 240 valence electrons. The summed E-state index contributed by atoms with van der Waals surface area (Å²) in [5.74, 6) is -1.05. The first-order valence-electron chi connectivity index (χ1n) is 15.0. The monoisotopic (exact) mass is 649 g/mol. The summed E-state index contributed by atoms with van der Waals surface area (Å²) in [4.78, 5) is 50.0. The number of H-pyrrole nitrogens is 2. The van der Waals surface area contributed by atoms with E-state index in [2.05, 4.69) is 29.9 Å². The highest BCUT2D eigenvalue weighted by atomic mass is 19.4. The molecule has 0 fully saturated rings. The van der Waals surface area contributed by atoms with Crippen LogP contribution >= 0.6 is 0 Å². The molecule has 2 N–H and O–H groups in total. The summed E-state index contributed by atoms with van der Waals surface area (Å²) in [6.07, 6.45) is 12.0. The fourth-order valence-electron chi connectivity index (χ4n) is 6.19. The van der Waals surface area contributed by atoms with Gasteiger partial charge in [-0.25, -0.2) is 9.97 Å².